The number of fused-ring (bicyclic) bond motifs is 1. The molecule has 1 aromatic heterocycles. The Morgan fingerprint density at radius 2 is 2.24 bits per heavy atom. The number of ether oxygens (including phenoxy) is 2. The van der Waals surface area contributed by atoms with Crippen molar-refractivity contribution in [3.63, 3.8) is 0 Å². The zero-order chi connectivity index (χ0) is 18.0. The number of benzene rings is 1. The van der Waals surface area contributed by atoms with Gasteiger partial charge in [-0.3, -0.25) is 4.79 Å². The number of hydrogen-bond donors (Lipinski definition) is 1. The van der Waals surface area contributed by atoms with Crippen LogP contribution in [0.25, 0.3) is 0 Å². The first-order chi connectivity index (χ1) is 12.0. The number of nitrogens with zero attached hydrogens (tertiary/aromatic N) is 1. The fourth-order valence-corrected chi connectivity index (χ4v) is 3.02. The van der Waals surface area contributed by atoms with Gasteiger partial charge in [0.25, 0.3) is 0 Å². The fraction of sp³-hybridized carbons (Fsp3) is 0.294. The summed E-state index contributed by atoms with van der Waals surface area (Å²) in [7, 11) is -1.12. The maximum absolute atomic E-state index is 11.7. The summed E-state index contributed by atoms with van der Waals surface area (Å²) in [5.41, 5.74) is 2.21. The second-order valence-corrected chi connectivity index (χ2v) is 6.08. The van der Waals surface area contributed by atoms with Crippen molar-refractivity contribution in [2.45, 2.75) is 26.4 Å². The third-order valence-electron chi connectivity index (χ3n) is 3.85. The van der Waals surface area contributed by atoms with Crippen LogP contribution in [0.5, 0.6) is 11.6 Å². The van der Waals surface area contributed by atoms with E-state index in [9.17, 15) is 9.82 Å². The molecule has 1 atom stereocenters. The summed E-state index contributed by atoms with van der Waals surface area (Å²) in [6.07, 6.45) is 1.06. The summed E-state index contributed by atoms with van der Waals surface area (Å²) in [5, 5.41) is 10.7. The predicted molar refractivity (Wildman–Crippen MR) is 93.2 cm³/mol. The van der Waals surface area contributed by atoms with E-state index in [2.05, 4.69) is 4.98 Å². The summed E-state index contributed by atoms with van der Waals surface area (Å²) in [5.74, 6) is 0.490. The van der Waals surface area contributed by atoms with Gasteiger partial charge in [0, 0.05) is 17.3 Å². The maximum Gasteiger partial charge on any atom is 0.492 e. The summed E-state index contributed by atoms with van der Waals surface area (Å²) < 4.78 is 16.2. The molecule has 2 heterocycles. The highest BCUT2D eigenvalue weighted by Crippen LogP contribution is 2.33. The molecule has 0 bridgehead atoms. The van der Waals surface area contributed by atoms with Crippen molar-refractivity contribution in [2.24, 2.45) is 0 Å². The van der Waals surface area contributed by atoms with Crippen molar-refractivity contribution in [3.8, 4) is 11.6 Å². The van der Waals surface area contributed by atoms with Gasteiger partial charge in [-0.25, -0.2) is 4.98 Å². The lowest BCUT2D eigenvalue weighted by molar-refractivity contribution is -0.145. The number of halogens is 1. The van der Waals surface area contributed by atoms with Gasteiger partial charge < -0.3 is 19.2 Å². The highest BCUT2D eigenvalue weighted by atomic mass is 35.5. The molecule has 0 amide bonds. The van der Waals surface area contributed by atoms with Gasteiger partial charge in [0.15, 0.2) is 0 Å². The standard InChI is InChI=1S/C17H17BClNO5/c1-3-23-16(21)9-14-17-10(2)6-12(8-13(17)18(22)25-14)24-15-7-11(19)4-5-20-15/h4-8,14,22H,3,9H2,1-2H3. The Bertz CT molecular complexity index is 801. The Labute approximate surface area is 150 Å². The van der Waals surface area contributed by atoms with Crippen LogP contribution in [0.1, 0.15) is 30.6 Å². The van der Waals surface area contributed by atoms with Gasteiger partial charge in [0.05, 0.1) is 19.1 Å². The van der Waals surface area contributed by atoms with Gasteiger partial charge in [-0.1, -0.05) is 11.6 Å². The minimum Gasteiger partial charge on any atom is -0.466 e. The van der Waals surface area contributed by atoms with E-state index in [1.165, 1.54) is 0 Å². The monoisotopic (exact) mass is 361 g/mol. The summed E-state index contributed by atoms with van der Waals surface area (Å²) in [6.45, 7) is 3.92. The molecule has 0 saturated carbocycles. The van der Waals surface area contributed by atoms with Crippen LogP contribution in [0.15, 0.2) is 30.5 Å². The van der Waals surface area contributed by atoms with Crippen LogP contribution in [0, 0.1) is 6.92 Å². The van der Waals surface area contributed by atoms with Crippen LogP contribution in [-0.4, -0.2) is 29.7 Å². The Hall–Kier alpha value is -2.09. The van der Waals surface area contributed by atoms with Crippen LogP contribution in [0.2, 0.25) is 5.02 Å². The Morgan fingerprint density at radius 1 is 1.44 bits per heavy atom. The number of esters is 1. The van der Waals surface area contributed by atoms with E-state index in [0.29, 0.717) is 28.7 Å². The van der Waals surface area contributed by atoms with Gasteiger partial charge in [-0.15, -0.1) is 0 Å². The average Bonchev–Trinajstić information content (AvgIpc) is 2.84. The molecule has 1 N–H and O–H groups in total. The first-order valence-electron chi connectivity index (χ1n) is 7.91. The molecule has 2 aromatic rings. The molecule has 0 fully saturated rings. The number of aromatic nitrogens is 1. The first-order valence-corrected chi connectivity index (χ1v) is 8.28. The number of aryl methyl sites for hydroxylation is 1. The molecule has 1 aliphatic heterocycles. The lowest BCUT2D eigenvalue weighted by atomic mass is 9.77. The Morgan fingerprint density at radius 3 is 2.96 bits per heavy atom. The van der Waals surface area contributed by atoms with E-state index in [4.69, 9.17) is 25.7 Å². The highest BCUT2D eigenvalue weighted by molar-refractivity contribution is 6.62. The fourth-order valence-electron chi connectivity index (χ4n) is 2.87. The van der Waals surface area contributed by atoms with E-state index in [1.54, 1.807) is 37.4 Å². The maximum atomic E-state index is 11.7. The van der Waals surface area contributed by atoms with E-state index < -0.39 is 13.2 Å². The summed E-state index contributed by atoms with van der Waals surface area (Å²) in [6, 6.07) is 6.74. The third kappa shape index (κ3) is 3.95. The smallest absolute Gasteiger partial charge is 0.466 e. The van der Waals surface area contributed by atoms with Gasteiger partial charge in [0.2, 0.25) is 5.88 Å². The predicted octanol–water partition coefficient (Wildman–Crippen LogP) is 2.55. The number of carbonyl (C=O) groups is 1. The van der Waals surface area contributed by atoms with Gasteiger partial charge in [-0.2, -0.15) is 0 Å². The van der Waals surface area contributed by atoms with Crippen LogP contribution in [0.4, 0.5) is 0 Å². The second-order valence-electron chi connectivity index (χ2n) is 5.64. The van der Waals surface area contributed by atoms with Gasteiger partial charge >= 0.3 is 13.1 Å². The molecule has 3 rings (SSSR count). The van der Waals surface area contributed by atoms with Gasteiger partial charge in [-0.05, 0) is 48.6 Å². The molecule has 1 aromatic carbocycles. The Balaban J connectivity index is 1.86. The van der Waals surface area contributed by atoms with E-state index in [-0.39, 0.29) is 12.4 Å². The molecule has 130 valence electrons. The number of carbonyl (C=O) groups excluding carboxylic acids is 1. The zero-order valence-corrected chi connectivity index (χ0v) is 14.6. The topological polar surface area (TPSA) is 77.9 Å². The molecule has 0 spiro atoms. The zero-order valence-electron chi connectivity index (χ0n) is 13.9. The molecule has 25 heavy (non-hydrogen) atoms. The molecule has 1 unspecified atom stereocenters. The third-order valence-corrected chi connectivity index (χ3v) is 4.09. The van der Waals surface area contributed by atoms with Crippen molar-refractivity contribution in [3.05, 3.63) is 46.6 Å². The molecule has 6 nitrogen and oxygen atoms in total. The second kappa shape index (κ2) is 7.43. The molecule has 0 radical (unpaired) electrons. The van der Waals surface area contributed by atoms with Gasteiger partial charge in [0.1, 0.15) is 5.75 Å². The molecular formula is C17H17BClNO5. The van der Waals surface area contributed by atoms with E-state index >= 15 is 0 Å². The lowest BCUT2D eigenvalue weighted by Gasteiger charge is -2.14. The number of hydrogen-bond acceptors (Lipinski definition) is 6. The molecule has 1 aliphatic rings. The van der Waals surface area contributed by atoms with E-state index in [1.807, 2.05) is 6.92 Å². The van der Waals surface area contributed by atoms with E-state index in [0.717, 1.165) is 11.1 Å². The lowest BCUT2D eigenvalue weighted by Crippen LogP contribution is -2.28. The largest absolute Gasteiger partial charge is 0.492 e. The minimum atomic E-state index is -1.12. The van der Waals surface area contributed by atoms with Crippen molar-refractivity contribution in [1.82, 2.24) is 4.98 Å². The quantitative estimate of drug-likeness (QED) is 0.651. The highest BCUT2D eigenvalue weighted by Gasteiger charge is 2.38. The first kappa shape index (κ1) is 17.7. The summed E-state index contributed by atoms with van der Waals surface area (Å²) in [4.78, 5) is 15.8. The van der Waals surface area contributed by atoms with Crippen LogP contribution in [0.3, 0.4) is 0 Å². The molecule has 8 heteroatoms. The van der Waals surface area contributed by atoms with Crippen molar-refractivity contribution >= 4 is 30.2 Å². The van der Waals surface area contributed by atoms with Crippen molar-refractivity contribution in [1.29, 1.82) is 0 Å². The summed E-state index contributed by atoms with van der Waals surface area (Å²) >= 11 is 5.93. The SMILES string of the molecule is CCOC(=O)CC1OB(O)c2cc(Oc3cc(Cl)ccn3)cc(C)c21. The molecule has 0 saturated heterocycles. The minimum absolute atomic E-state index is 0.0504. The Kier molecular flexibility index (Phi) is 5.27. The van der Waals surface area contributed by atoms with Crippen LogP contribution >= 0.6 is 11.6 Å². The molecular weight excluding hydrogens is 344 g/mol. The molecule has 0 aliphatic carbocycles. The van der Waals surface area contributed by atoms with Crippen molar-refractivity contribution in [2.75, 3.05) is 6.61 Å². The van der Waals surface area contributed by atoms with Crippen molar-refractivity contribution < 1.29 is 23.9 Å². The van der Waals surface area contributed by atoms with Crippen LogP contribution < -0.4 is 10.2 Å². The normalized spacial score (nSPS) is 15.8. The number of pyridine rings is 1. The average molecular weight is 362 g/mol. The van der Waals surface area contributed by atoms with Crippen LogP contribution in [-0.2, 0) is 14.2 Å². The number of rotatable bonds is 5.